The van der Waals surface area contributed by atoms with E-state index in [1.807, 2.05) is 6.07 Å². The van der Waals surface area contributed by atoms with E-state index in [1.54, 1.807) is 68.7 Å². The van der Waals surface area contributed by atoms with Gasteiger partial charge in [0, 0.05) is 111 Å². The number of fused-ring (bicyclic) bond motifs is 2. The number of carboxylic acid groups (broad SMARTS) is 2. The molecular formula is C66H84ClFN14O16. The number of aliphatic carboxylic acids is 2. The zero-order chi connectivity index (χ0) is 71.2. The van der Waals surface area contributed by atoms with Crippen LogP contribution >= 0.6 is 11.8 Å². The van der Waals surface area contributed by atoms with Crippen molar-refractivity contribution in [2.75, 3.05) is 32.7 Å². The van der Waals surface area contributed by atoms with E-state index in [9.17, 15) is 78.0 Å². The first-order chi connectivity index (χ1) is 46.7. The van der Waals surface area contributed by atoms with Crippen molar-refractivity contribution in [3.63, 3.8) is 0 Å². The predicted molar refractivity (Wildman–Crippen MR) is 352 cm³/mol. The van der Waals surface area contributed by atoms with E-state index in [0.717, 1.165) is 32.5 Å². The maximum absolute atomic E-state index is 15.2. The molecule has 8 rings (SSSR count). The molecule has 98 heavy (non-hydrogen) atoms. The van der Waals surface area contributed by atoms with Gasteiger partial charge in [0.2, 0.25) is 59.1 Å². The Bertz CT molecular complexity index is 3760. The molecule has 5 aromatic rings. The summed E-state index contributed by atoms with van der Waals surface area (Å²) in [5.74, 6) is -12.5. The number of β-amino-alcohol motifs (C(OH)–C–C–N with tert-alkyl or cyclic N) is 1. The quantitative estimate of drug-likeness (QED) is 0.0266. The fraction of sp³-hybridized carbons (Fsp3) is 0.485. The lowest BCUT2D eigenvalue weighted by Crippen LogP contribution is -2.62. The number of nitrogens with zero attached hydrogens (tertiary/aromatic N) is 4. The Morgan fingerprint density at radius 2 is 1.14 bits per heavy atom. The molecule has 30 nitrogen and oxygen atoms in total. The van der Waals surface area contributed by atoms with Crippen molar-refractivity contribution in [1.29, 1.82) is 0 Å². The largest absolute Gasteiger partial charge is 0.508 e. The number of aliphatic hydroxyl groups excluding tert-OH is 1. The minimum Gasteiger partial charge on any atom is -0.508 e. The van der Waals surface area contributed by atoms with E-state index in [2.05, 4.69) is 41.9 Å². The second kappa shape index (κ2) is 33.5. The van der Waals surface area contributed by atoms with E-state index in [0.29, 0.717) is 32.0 Å². The van der Waals surface area contributed by atoms with Crippen LogP contribution in [0.25, 0.3) is 21.8 Å². The highest BCUT2D eigenvalue weighted by Gasteiger charge is 2.47. The van der Waals surface area contributed by atoms with Crippen molar-refractivity contribution in [3.8, 4) is 5.75 Å². The molecule has 0 bridgehead atoms. The van der Waals surface area contributed by atoms with Crippen molar-refractivity contribution >= 4 is 105 Å². The second-order valence-electron chi connectivity index (χ2n) is 25.3. The van der Waals surface area contributed by atoms with Crippen LogP contribution in [0.4, 0.5) is 4.39 Å². The number of carboxylic acids is 2. The fourth-order valence-corrected chi connectivity index (χ4v) is 12.9. The van der Waals surface area contributed by atoms with E-state index in [4.69, 9.17) is 23.2 Å². The monoisotopic (exact) mass is 1380 g/mol. The van der Waals surface area contributed by atoms with Gasteiger partial charge in [-0.3, -0.25) is 52.7 Å². The van der Waals surface area contributed by atoms with E-state index >= 15 is 4.39 Å². The number of aromatic amines is 2. The topological polar surface area (TPSA) is 455 Å². The number of aliphatic hydroxyl groups is 1. The van der Waals surface area contributed by atoms with Gasteiger partial charge in [0.1, 0.15) is 72.3 Å². The summed E-state index contributed by atoms with van der Waals surface area (Å²) < 4.78 is 15.8. The molecule has 1 unspecified atom stereocenters. The number of H-pyrrole nitrogens is 2. The first-order valence-corrected chi connectivity index (χ1v) is 32.7. The summed E-state index contributed by atoms with van der Waals surface area (Å²) in [6.45, 7) is 3.00. The van der Waals surface area contributed by atoms with Crippen LogP contribution in [0.1, 0.15) is 88.8 Å². The number of carbonyl (C=O) groups excluding carboxylic acids is 10. The number of para-hydroxylation sites is 2. The molecule has 5 heterocycles. The number of alkyl halides is 1. The number of benzene rings is 3. The molecule has 0 aliphatic carbocycles. The third-order valence-corrected chi connectivity index (χ3v) is 18.2. The average Bonchev–Trinajstić information content (AvgIpc) is 0.986. The Hall–Kier alpha value is -9.72. The van der Waals surface area contributed by atoms with Gasteiger partial charge in [-0.15, -0.1) is 0 Å². The van der Waals surface area contributed by atoms with Crippen LogP contribution in [-0.2, 0) is 76.8 Å². The van der Waals surface area contributed by atoms with Crippen LogP contribution in [0.3, 0.4) is 0 Å². The zero-order valence-corrected chi connectivity index (χ0v) is 55.0. The highest BCUT2D eigenvalue weighted by Crippen LogP contribution is 2.28. The third-order valence-electron chi connectivity index (χ3n) is 17.8. The number of piperidine rings is 1. The van der Waals surface area contributed by atoms with Crippen molar-refractivity contribution < 1.29 is 82.4 Å². The summed E-state index contributed by atoms with van der Waals surface area (Å²) in [5.41, 5.74) is 15.1. The number of phenolic OH excluding ortho intramolecular Hbond substituents is 1. The van der Waals surface area contributed by atoms with Crippen LogP contribution in [-0.4, -0.2) is 226 Å². The smallest absolute Gasteiger partial charge is 0.326 e. The minimum absolute atomic E-state index is 0.0183. The van der Waals surface area contributed by atoms with E-state index < -0.39 is 170 Å². The van der Waals surface area contributed by atoms with Crippen molar-refractivity contribution in [1.82, 2.24) is 61.0 Å². The number of hydrogen-bond acceptors (Lipinski definition) is 16. The second-order valence-corrected chi connectivity index (χ2v) is 25.7. The molecule has 3 fully saturated rings. The minimum atomic E-state index is -1.89. The number of phenols is 1. The number of likely N-dealkylation sites (tertiary alicyclic amines) is 3. The fourth-order valence-electron chi connectivity index (χ4n) is 12.8. The van der Waals surface area contributed by atoms with Crippen molar-refractivity contribution in [3.05, 3.63) is 102 Å². The maximum Gasteiger partial charge on any atom is 0.326 e. The van der Waals surface area contributed by atoms with Gasteiger partial charge in [0.25, 0.3) is 0 Å². The van der Waals surface area contributed by atoms with Gasteiger partial charge >= 0.3 is 11.9 Å². The Balaban J connectivity index is 0.944. The van der Waals surface area contributed by atoms with Crippen LogP contribution in [0.15, 0.2) is 85.2 Å². The Kier molecular flexibility index (Phi) is 25.3. The molecule has 3 aliphatic heterocycles. The number of rotatable bonds is 30. The van der Waals surface area contributed by atoms with Crippen LogP contribution < -0.4 is 43.4 Å². The lowest BCUT2D eigenvalue weighted by atomic mass is 9.96. The molecule has 3 aromatic carbocycles. The maximum atomic E-state index is 15.2. The average molecular weight is 1380 g/mol. The van der Waals surface area contributed by atoms with Gasteiger partial charge in [-0.1, -0.05) is 62.4 Å². The molecule has 10 amide bonds. The number of carbonyl (C=O) groups is 12. The summed E-state index contributed by atoms with van der Waals surface area (Å²) >= 11 is 6.35. The SMILES string of the molecule is CC(=O)N(Cl)[C@@H](Cc1ccc(O)cc1)C(=O)N1CCC(F)C[C@H]1C(=O)N[C@@H](CC(=O)O)C(=O)N1CCC[C@H]1C(=O)N[C@@H](CN)C(=O)N[C@@H](CC(C)C)C(=O)N1C[C@H](O)C[C@H]1C(=O)N[C@@H](Cc1c[nH]c2ccccc12)C(=O)N[C@@H](CCN)C(=O)N[C@@H](Cc1c[nH]c2ccccc12)C(=O)O. The van der Waals surface area contributed by atoms with Crippen LogP contribution in [0.5, 0.6) is 5.75 Å². The highest BCUT2D eigenvalue weighted by atomic mass is 35.5. The molecule has 2 aromatic heterocycles. The van der Waals surface area contributed by atoms with Crippen LogP contribution in [0, 0.1) is 5.92 Å². The molecule has 16 N–H and O–H groups in total. The molecule has 0 saturated carbocycles. The molecule has 3 aliphatic rings. The Morgan fingerprint density at radius 3 is 1.72 bits per heavy atom. The summed E-state index contributed by atoms with van der Waals surface area (Å²) in [7, 11) is 0. The number of hydrogen-bond donors (Lipinski definition) is 14. The first-order valence-electron chi connectivity index (χ1n) is 32.4. The molecule has 0 spiro atoms. The zero-order valence-electron chi connectivity index (χ0n) is 54.3. The number of aromatic nitrogens is 2. The molecule has 528 valence electrons. The molecule has 32 heteroatoms. The standard InChI is InChI=1S/C66H84ClFN14O16/c1-34(2)23-48(75-59(90)51(30-70)78-60(91)52-13-8-21-79(52)63(94)49(29-56(86)87)76-61(92)53-27-39(68)19-22-80(53)65(96)55(82(67)35(3)83)24-36-14-16-40(84)17-15-36)64(95)81-33-41(85)28-54(81)62(93)74-47(25-37-31-71-44-11-6-4-9-42(37)44)58(89)73-46(18-20-69)57(88)77-50(66(97)98)26-38-32-72-45-12-7-5-10-43(38)45/h4-7,9-12,14-17,31-32,34,39,41,46-55,71-72,84-85H,8,13,18-30,33,69-70H2,1-3H3,(H,73,89)(H,74,93)(H,75,90)(H,76,92)(H,77,88)(H,78,91)(H,86,87)(H,97,98)/t39?,41-,46+,47+,48+,49+,50+,51+,52+,53+,54+,55+/m1/s1. The first kappa shape index (κ1) is 74.1. The third kappa shape index (κ3) is 18.5. The Morgan fingerprint density at radius 1 is 0.622 bits per heavy atom. The highest BCUT2D eigenvalue weighted by molar-refractivity contribution is 6.22. The van der Waals surface area contributed by atoms with Gasteiger partial charge in [-0.25, -0.2) is 13.6 Å². The lowest BCUT2D eigenvalue weighted by molar-refractivity contribution is -0.151. The number of nitrogens with two attached hydrogens (primary N) is 2. The molecule has 0 radical (unpaired) electrons. The summed E-state index contributed by atoms with van der Waals surface area (Å²) in [6, 6.07) is 4.86. The number of halogens is 2. The van der Waals surface area contributed by atoms with Gasteiger partial charge in [-0.2, -0.15) is 0 Å². The molecule has 12 atom stereocenters. The van der Waals surface area contributed by atoms with Crippen LogP contribution in [0.2, 0.25) is 0 Å². The van der Waals surface area contributed by atoms with Gasteiger partial charge in [-0.05, 0) is 85.5 Å². The summed E-state index contributed by atoms with van der Waals surface area (Å²) in [6.07, 6.45) is -2.33. The number of aromatic hydroxyl groups is 1. The van der Waals surface area contributed by atoms with E-state index in [1.165, 1.54) is 24.3 Å². The van der Waals surface area contributed by atoms with Gasteiger partial charge < -0.3 is 88.5 Å². The van der Waals surface area contributed by atoms with Gasteiger partial charge in [0.05, 0.1) is 12.5 Å². The normalized spacial score (nSPS) is 19.9. The van der Waals surface area contributed by atoms with Crippen molar-refractivity contribution in [2.45, 2.75) is 164 Å². The Labute approximate surface area is 567 Å². The number of amides is 10. The summed E-state index contributed by atoms with van der Waals surface area (Å²) in [4.78, 5) is 176. The van der Waals surface area contributed by atoms with Crippen molar-refractivity contribution in [2.24, 2.45) is 17.4 Å². The van der Waals surface area contributed by atoms with E-state index in [-0.39, 0.29) is 89.1 Å². The summed E-state index contributed by atoms with van der Waals surface area (Å²) in [5, 5.41) is 58.1. The molecular weight excluding hydrogens is 1300 g/mol. The lowest BCUT2D eigenvalue weighted by Gasteiger charge is -2.39. The predicted octanol–water partition coefficient (Wildman–Crippen LogP) is -0.143. The number of nitrogens with one attached hydrogen (secondary N) is 8. The van der Waals surface area contributed by atoms with Gasteiger partial charge in [0.15, 0.2) is 0 Å². The molecule has 3 saturated heterocycles.